The largest absolute Gasteiger partial charge is 0.364 e. The summed E-state index contributed by atoms with van der Waals surface area (Å²) in [4.78, 5) is 17.4. The maximum absolute atomic E-state index is 12.7. The number of fused-ring (bicyclic) bond motifs is 1. The van der Waals surface area contributed by atoms with Crippen molar-refractivity contribution < 1.29 is 14.4 Å². The summed E-state index contributed by atoms with van der Waals surface area (Å²) in [6.07, 6.45) is 0.446. The van der Waals surface area contributed by atoms with Crippen molar-refractivity contribution in [2.45, 2.75) is 33.0 Å². The lowest BCUT2D eigenvalue weighted by Gasteiger charge is -2.31. The van der Waals surface area contributed by atoms with Gasteiger partial charge < -0.3 is 14.6 Å². The summed E-state index contributed by atoms with van der Waals surface area (Å²) < 4.78 is 5.74. The molecule has 2 heterocycles. The molecule has 0 spiro atoms. The third-order valence-corrected chi connectivity index (χ3v) is 4.20. The van der Waals surface area contributed by atoms with Gasteiger partial charge in [-0.15, -0.1) is 0 Å². The van der Waals surface area contributed by atoms with Crippen LogP contribution in [0.4, 0.5) is 0 Å². The number of aromatic nitrogens is 1. The van der Waals surface area contributed by atoms with Crippen molar-refractivity contribution in [3.05, 3.63) is 35.5 Å². The van der Waals surface area contributed by atoms with Crippen molar-refractivity contribution in [3.63, 3.8) is 0 Å². The van der Waals surface area contributed by atoms with Crippen molar-refractivity contribution >= 4 is 16.7 Å². The molecule has 21 heavy (non-hydrogen) atoms. The van der Waals surface area contributed by atoms with E-state index in [1.54, 1.807) is 0 Å². The van der Waals surface area contributed by atoms with Crippen LogP contribution in [0.5, 0.6) is 0 Å². The molecule has 0 saturated carbocycles. The number of carbonyl (C=O) groups excluding carboxylic acids is 1. The molecular weight excluding hydrogens is 264 g/mol. The van der Waals surface area contributed by atoms with Gasteiger partial charge in [0.2, 0.25) is 5.78 Å². The van der Waals surface area contributed by atoms with Crippen molar-refractivity contribution in [3.8, 4) is 0 Å². The van der Waals surface area contributed by atoms with E-state index in [9.17, 15) is 4.79 Å². The molecular formula is C17H23N2O2+. The molecule has 1 saturated heterocycles. The number of ether oxygens (including phenoxy) is 1. The summed E-state index contributed by atoms with van der Waals surface area (Å²) in [5, 5.41) is 1.04. The first-order valence-corrected chi connectivity index (χ1v) is 7.64. The number of carbonyl (C=O) groups is 1. The fraction of sp³-hybridized carbons (Fsp3) is 0.471. The first-order valence-electron chi connectivity index (χ1n) is 7.64. The highest BCUT2D eigenvalue weighted by molar-refractivity contribution is 6.09. The van der Waals surface area contributed by atoms with E-state index < -0.39 is 0 Å². The number of hydrogen-bond acceptors (Lipinski definition) is 2. The van der Waals surface area contributed by atoms with Crippen molar-refractivity contribution in [1.29, 1.82) is 0 Å². The van der Waals surface area contributed by atoms with Crippen LogP contribution < -0.4 is 4.90 Å². The van der Waals surface area contributed by atoms with E-state index >= 15 is 0 Å². The molecule has 2 aromatic rings. The molecule has 4 nitrogen and oxygen atoms in total. The fourth-order valence-corrected chi connectivity index (χ4v) is 3.48. The Hall–Kier alpha value is -1.65. The van der Waals surface area contributed by atoms with E-state index in [-0.39, 0.29) is 18.0 Å². The normalized spacial score (nSPS) is 26.1. The summed E-state index contributed by atoms with van der Waals surface area (Å²) in [6, 6.07) is 8.01. The minimum absolute atomic E-state index is 0.223. The third kappa shape index (κ3) is 2.87. The molecule has 112 valence electrons. The number of nitrogens with one attached hydrogen (secondary N) is 2. The minimum Gasteiger partial charge on any atom is -0.364 e. The second kappa shape index (κ2) is 5.62. The van der Waals surface area contributed by atoms with Crippen LogP contribution in [0.25, 0.3) is 10.9 Å². The zero-order valence-electron chi connectivity index (χ0n) is 12.9. The van der Waals surface area contributed by atoms with Gasteiger partial charge >= 0.3 is 0 Å². The Labute approximate surface area is 125 Å². The first-order chi connectivity index (χ1) is 10.0. The number of ketones is 1. The lowest BCUT2D eigenvalue weighted by molar-refractivity contribution is -0.906. The number of quaternary nitrogens is 1. The van der Waals surface area contributed by atoms with Crippen LogP contribution in [0.3, 0.4) is 0 Å². The van der Waals surface area contributed by atoms with Crippen LogP contribution in [-0.4, -0.2) is 42.6 Å². The Bertz CT molecular complexity index is 652. The summed E-state index contributed by atoms with van der Waals surface area (Å²) >= 11 is 0. The molecule has 3 rings (SSSR count). The molecule has 2 N–H and O–H groups in total. The molecule has 4 heteroatoms. The van der Waals surface area contributed by atoms with Gasteiger partial charge in [-0.2, -0.15) is 0 Å². The number of aryl methyl sites for hydroxylation is 1. The smallest absolute Gasteiger partial charge is 0.219 e. The molecule has 0 amide bonds. The van der Waals surface area contributed by atoms with Gasteiger partial charge in [-0.05, 0) is 26.8 Å². The van der Waals surface area contributed by atoms with Crippen molar-refractivity contribution in [1.82, 2.24) is 4.98 Å². The van der Waals surface area contributed by atoms with Crippen LogP contribution in [0, 0.1) is 6.92 Å². The van der Waals surface area contributed by atoms with Gasteiger partial charge in [-0.1, -0.05) is 18.2 Å². The number of morpholine rings is 1. The summed E-state index contributed by atoms with van der Waals surface area (Å²) in [6.45, 7) is 8.48. The number of Topliss-reactive ketones (excluding diaryl/α,β-unsaturated/α-hetero) is 1. The van der Waals surface area contributed by atoms with Gasteiger partial charge in [0.15, 0.2) is 0 Å². The second-order valence-corrected chi connectivity index (χ2v) is 6.19. The van der Waals surface area contributed by atoms with Crippen molar-refractivity contribution in [2.24, 2.45) is 0 Å². The molecule has 1 aliphatic heterocycles. The van der Waals surface area contributed by atoms with Gasteiger partial charge in [0, 0.05) is 16.6 Å². The van der Waals surface area contributed by atoms with E-state index in [0.717, 1.165) is 35.2 Å². The summed E-state index contributed by atoms with van der Waals surface area (Å²) in [5.74, 6) is 0.223. The molecule has 0 bridgehead atoms. The number of hydrogen-bond donors (Lipinski definition) is 2. The molecule has 1 aromatic carbocycles. The quantitative estimate of drug-likeness (QED) is 0.837. The predicted molar refractivity (Wildman–Crippen MR) is 82.9 cm³/mol. The Balaban J connectivity index is 1.82. The van der Waals surface area contributed by atoms with Gasteiger partial charge in [0.05, 0.1) is 5.56 Å². The minimum atomic E-state index is 0.223. The third-order valence-electron chi connectivity index (χ3n) is 4.20. The lowest BCUT2D eigenvalue weighted by Crippen LogP contribution is -3.16. The standard InChI is InChI=1S/C17H22N2O2/c1-11-8-19(9-12(2)21-11)10-16(20)17-13(3)18-15-7-5-4-6-14(15)17/h4-7,11-12,18H,8-10H2,1-3H3/p+1/t11-,12-/m0/s1. The van der Waals surface area contributed by atoms with Crippen molar-refractivity contribution in [2.75, 3.05) is 19.6 Å². The molecule has 1 aliphatic rings. The maximum Gasteiger partial charge on any atom is 0.219 e. The number of para-hydroxylation sites is 1. The topological polar surface area (TPSA) is 46.5 Å². The average molecular weight is 287 g/mol. The Kier molecular flexibility index (Phi) is 3.83. The molecule has 0 radical (unpaired) electrons. The fourth-order valence-electron chi connectivity index (χ4n) is 3.48. The summed E-state index contributed by atoms with van der Waals surface area (Å²) in [5.41, 5.74) is 2.86. The predicted octanol–water partition coefficient (Wildman–Crippen LogP) is 1.35. The van der Waals surface area contributed by atoms with Crippen LogP contribution >= 0.6 is 0 Å². The monoisotopic (exact) mass is 287 g/mol. The van der Waals surface area contributed by atoms with Gasteiger partial charge in [0.25, 0.3) is 0 Å². The Morgan fingerprint density at radius 1 is 1.29 bits per heavy atom. The molecule has 2 atom stereocenters. The van der Waals surface area contributed by atoms with Gasteiger partial charge in [-0.25, -0.2) is 0 Å². The molecule has 0 unspecified atom stereocenters. The molecule has 1 aromatic heterocycles. The van der Waals surface area contributed by atoms with Crippen LogP contribution in [0.2, 0.25) is 0 Å². The molecule has 1 fully saturated rings. The highest BCUT2D eigenvalue weighted by Crippen LogP contribution is 2.21. The maximum atomic E-state index is 12.7. The highest BCUT2D eigenvalue weighted by atomic mass is 16.5. The Morgan fingerprint density at radius 3 is 2.67 bits per heavy atom. The first kappa shape index (κ1) is 14.3. The lowest BCUT2D eigenvalue weighted by atomic mass is 10.1. The summed E-state index contributed by atoms with van der Waals surface area (Å²) in [7, 11) is 0. The Morgan fingerprint density at radius 2 is 1.95 bits per heavy atom. The number of rotatable bonds is 3. The number of aromatic amines is 1. The van der Waals surface area contributed by atoms with E-state index in [0.29, 0.717) is 6.54 Å². The van der Waals surface area contributed by atoms with E-state index in [4.69, 9.17) is 4.74 Å². The second-order valence-electron chi connectivity index (χ2n) is 6.19. The molecule has 0 aliphatic carbocycles. The van der Waals surface area contributed by atoms with Gasteiger partial charge in [-0.3, -0.25) is 4.79 Å². The van der Waals surface area contributed by atoms with Crippen LogP contribution in [0.1, 0.15) is 29.9 Å². The zero-order chi connectivity index (χ0) is 15.0. The van der Waals surface area contributed by atoms with E-state index in [1.165, 1.54) is 4.90 Å². The number of H-pyrrole nitrogens is 1. The number of benzene rings is 1. The average Bonchev–Trinajstić information content (AvgIpc) is 2.73. The highest BCUT2D eigenvalue weighted by Gasteiger charge is 2.28. The van der Waals surface area contributed by atoms with E-state index in [2.05, 4.69) is 18.8 Å². The zero-order valence-corrected chi connectivity index (χ0v) is 12.9. The SMILES string of the molecule is Cc1[nH]c2ccccc2c1C(=O)C[NH+]1C[C@H](C)O[C@@H](C)C1. The van der Waals surface area contributed by atoms with Crippen LogP contribution in [-0.2, 0) is 4.74 Å². The van der Waals surface area contributed by atoms with E-state index in [1.807, 2.05) is 31.2 Å². The van der Waals surface area contributed by atoms with Gasteiger partial charge in [0.1, 0.15) is 31.8 Å². The van der Waals surface area contributed by atoms with Crippen LogP contribution in [0.15, 0.2) is 24.3 Å².